The largest absolute Gasteiger partial charge is 0.480 e. The number of carbonyl (C=O) groups is 2. The third kappa shape index (κ3) is 4.63. The van der Waals surface area contributed by atoms with Gasteiger partial charge in [0.25, 0.3) is 5.91 Å². The molecule has 6 nitrogen and oxygen atoms in total. The Bertz CT molecular complexity index is 730. The number of nitrogens with one attached hydrogen (secondary N) is 1. The molecule has 0 saturated carbocycles. The molecule has 6 heteroatoms. The molecule has 0 radical (unpaired) electrons. The lowest BCUT2D eigenvalue weighted by atomic mass is 10.0. The number of amides is 1. The first-order valence-electron chi connectivity index (χ1n) is 7.56. The van der Waals surface area contributed by atoms with Crippen LogP contribution in [0.25, 0.3) is 11.1 Å². The van der Waals surface area contributed by atoms with E-state index in [1.54, 1.807) is 12.3 Å². The number of methoxy groups -OCH3 is 1. The minimum absolute atomic E-state index is 0.197. The Hall–Kier alpha value is -2.73. The van der Waals surface area contributed by atoms with Crippen molar-refractivity contribution >= 4 is 11.9 Å². The number of hydrogen-bond donors (Lipinski definition) is 2. The molecule has 1 heterocycles. The Morgan fingerprint density at radius 3 is 2.71 bits per heavy atom. The quantitative estimate of drug-likeness (QED) is 0.814. The normalized spacial score (nSPS) is 11.8. The van der Waals surface area contributed by atoms with Gasteiger partial charge in [-0.25, -0.2) is 4.79 Å². The van der Waals surface area contributed by atoms with E-state index in [0.717, 1.165) is 16.7 Å². The molecule has 0 fully saturated rings. The summed E-state index contributed by atoms with van der Waals surface area (Å²) in [5.41, 5.74) is 3.17. The lowest BCUT2D eigenvalue weighted by Gasteiger charge is -2.14. The summed E-state index contributed by atoms with van der Waals surface area (Å²) in [6.45, 7) is 2.24. The van der Waals surface area contributed by atoms with Gasteiger partial charge in [0.05, 0.1) is 5.56 Å². The van der Waals surface area contributed by atoms with E-state index >= 15 is 0 Å². The van der Waals surface area contributed by atoms with Gasteiger partial charge in [-0.05, 0) is 18.6 Å². The van der Waals surface area contributed by atoms with Gasteiger partial charge in [-0.3, -0.25) is 9.78 Å². The molecule has 2 rings (SSSR count). The number of aryl methyl sites for hydroxylation is 1. The molecule has 0 spiro atoms. The fourth-order valence-corrected chi connectivity index (χ4v) is 2.28. The first kappa shape index (κ1) is 17.6. The predicted molar refractivity (Wildman–Crippen MR) is 89.8 cm³/mol. The number of aliphatic carboxylic acids is 1. The van der Waals surface area contributed by atoms with E-state index in [0.29, 0.717) is 5.56 Å². The predicted octanol–water partition coefficient (Wildman–Crippen LogP) is 2.28. The average Bonchev–Trinajstić information content (AvgIpc) is 2.58. The number of carboxylic acids is 1. The van der Waals surface area contributed by atoms with Crippen LogP contribution in [-0.4, -0.2) is 41.7 Å². The highest BCUT2D eigenvalue weighted by molar-refractivity contribution is 5.97. The molecule has 1 atom stereocenters. The summed E-state index contributed by atoms with van der Waals surface area (Å²) in [6.07, 6.45) is 3.29. The number of nitrogens with zero attached hydrogens (tertiary/aromatic N) is 1. The van der Waals surface area contributed by atoms with Crippen LogP contribution in [0.5, 0.6) is 0 Å². The number of aromatic nitrogens is 1. The first-order valence-corrected chi connectivity index (χ1v) is 7.56. The minimum Gasteiger partial charge on any atom is -0.480 e. The number of pyridine rings is 1. The first-order chi connectivity index (χ1) is 11.5. The van der Waals surface area contributed by atoms with Crippen LogP contribution in [-0.2, 0) is 9.53 Å². The maximum Gasteiger partial charge on any atom is 0.326 e. The molecule has 2 aromatic rings. The van der Waals surface area contributed by atoms with Gasteiger partial charge in [0.1, 0.15) is 6.04 Å². The molecule has 0 bridgehead atoms. The molecule has 0 aliphatic rings. The highest BCUT2D eigenvalue weighted by Gasteiger charge is 2.20. The third-order valence-corrected chi connectivity index (χ3v) is 3.57. The monoisotopic (exact) mass is 328 g/mol. The van der Waals surface area contributed by atoms with Gasteiger partial charge in [0.15, 0.2) is 0 Å². The second-order valence-corrected chi connectivity index (χ2v) is 5.48. The number of ether oxygens (including phenoxy) is 1. The van der Waals surface area contributed by atoms with Crippen LogP contribution in [0.2, 0.25) is 0 Å². The summed E-state index contributed by atoms with van der Waals surface area (Å²) in [6, 6.07) is 8.55. The van der Waals surface area contributed by atoms with Crippen molar-refractivity contribution in [2.75, 3.05) is 13.7 Å². The molecule has 0 aliphatic carbocycles. The summed E-state index contributed by atoms with van der Waals surface area (Å²) >= 11 is 0. The van der Waals surface area contributed by atoms with E-state index in [1.165, 1.54) is 13.3 Å². The van der Waals surface area contributed by atoms with E-state index in [2.05, 4.69) is 10.3 Å². The standard InChI is InChI=1S/C18H20N2O4/c1-12-4-3-5-13(8-12)14-9-15(11-19-10-14)17(21)20-16(18(22)23)6-7-24-2/h3-5,8-11,16H,6-7H2,1-2H3,(H,20,21)(H,22,23). The molecule has 1 aromatic carbocycles. The van der Waals surface area contributed by atoms with Crippen LogP contribution < -0.4 is 5.32 Å². The highest BCUT2D eigenvalue weighted by Crippen LogP contribution is 2.20. The van der Waals surface area contributed by atoms with Gasteiger partial charge < -0.3 is 15.2 Å². The fourth-order valence-electron chi connectivity index (χ4n) is 2.28. The van der Waals surface area contributed by atoms with Crippen LogP contribution in [0, 0.1) is 6.92 Å². The third-order valence-electron chi connectivity index (χ3n) is 3.57. The van der Waals surface area contributed by atoms with Crippen molar-refractivity contribution in [3.8, 4) is 11.1 Å². The number of hydrogen-bond acceptors (Lipinski definition) is 4. The Morgan fingerprint density at radius 1 is 1.25 bits per heavy atom. The second kappa shape index (κ2) is 8.21. The van der Waals surface area contributed by atoms with Crippen LogP contribution in [0.15, 0.2) is 42.7 Å². The van der Waals surface area contributed by atoms with Crippen LogP contribution in [0.4, 0.5) is 0 Å². The van der Waals surface area contributed by atoms with E-state index in [-0.39, 0.29) is 13.0 Å². The lowest BCUT2D eigenvalue weighted by molar-refractivity contribution is -0.139. The summed E-state index contributed by atoms with van der Waals surface area (Å²) in [4.78, 5) is 27.6. The SMILES string of the molecule is COCCC(NC(=O)c1cncc(-c2cccc(C)c2)c1)C(=O)O. The Kier molecular flexibility index (Phi) is 6.03. The topological polar surface area (TPSA) is 88.5 Å². The molecule has 1 unspecified atom stereocenters. The molecular formula is C18H20N2O4. The number of carboxylic acid groups (broad SMARTS) is 1. The van der Waals surface area contributed by atoms with Crippen LogP contribution in [0.3, 0.4) is 0 Å². The van der Waals surface area contributed by atoms with Gasteiger partial charge >= 0.3 is 5.97 Å². The van der Waals surface area contributed by atoms with Gasteiger partial charge in [0, 0.05) is 38.1 Å². The zero-order chi connectivity index (χ0) is 17.5. The number of benzene rings is 1. The van der Waals surface area contributed by atoms with Crippen LogP contribution in [0.1, 0.15) is 22.3 Å². The molecule has 126 valence electrons. The van der Waals surface area contributed by atoms with Gasteiger partial charge in [-0.2, -0.15) is 0 Å². The Balaban J connectivity index is 2.18. The van der Waals surface area contributed by atoms with Crippen molar-refractivity contribution in [3.63, 3.8) is 0 Å². The van der Waals surface area contributed by atoms with Crippen LogP contribution >= 0.6 is 0 Å². The molecule has 0 aliphatic heterocycles. The van der Waals surface area contributed by atoms with Crippen molar-refractivity contribution in [1.29, 1.82) is 0 Å². The summed E-state index contributed by atoms with van der Waals surface area (Å²) < 4.78 is 4.87. The maximum absolute atomic E-state index is 12.3. The van der Waals surface area contributed by atoms with Gasteiger partial charge in [0.2, 0.25) is 0 Å². The van der Waals surface area contributed by atoms with Crippen molar-refractivity contribution in [2.45, 2.75) is 19.4 Å². The molecule has 1 aromatic heterocycles. The Morgan fingerprint density at radius 2 is 2.04 bits per heavy atom. The zero-order valence-electron chi connectivity index (χ0n) is 13.7. The van der Waals surface area contributed by atoms with Crippen molar-refractivity contribution in [1.82, 2.24) is 10.3 Å². The molecule has 0 saturated heterocycles. The Labute approximate surface area is 140 Å². The summed E-state index contributed by atoms with van der Waals surface area (Å²) in [5.74, 6) is -1.57. The van der Waals surface area contributed by atoms with E-state index in [1.807, 2.05) is 31.2 Å². The number of carbonyl (C=O) groups excluding carboxylic acids is 1. The lowest BCUT2D eigenvalue weighted by Crippen LogP contribution is -2.41. The molecule has 24 heavy (non-hydrogen) atoms. The maximum atomic E-state index is 12.3. The van der Waals surface area contributed by atoms with Gasteiger partial charge in [-0.15, -0.1) is 0 Å². The molecule has 1 amide bonds. The number of rotatable bonds is 7. The van der Waals surface area contributed by atoms with Crippen molar-refractivity contribution < 1.29 is 19.4 Å². The summed E-state index contributed by atoms with van der Waals surface area (Å²) in [7, 11) is 1.48. The van der Waals surface area contributed by atoms with E-state index < -0.39 is 17.9 Å². The smallest absolute Gasteiger partial charge is 0.326 e. The average molecular weight is 328 g/mol. The van der Waals surface area contributed by atoms with Crippen molar-refractivity contribution in [2.24, 2.45) is 0 Å². The zero-order valence-corrected chi connectivity index (χ0v) is 13.7. The molecular weight excluding hydrogens is 308 g/mol. The van der Waals surface area contributed by atoms with Crippen molar-refractivity contribution in [3.05, 3.63) is 53.9 Å². The van der Waals surface area contributed by atoms with Gasteiger partial charge in [-0.1, -0.05) is 29.8 Å². The minimum atomic E-state index is -1.09. The summed E-state index contributed by atoms with van der Waals surface area (Å²) in [5, 5.41) is 11.7. The van der Waals surface area contributed by atoms with E-state index in [4.69, 9.17) is 4.74 Å². The van der Waals surface area contributed by atoms with E-state index in [9.17, 15) is 14.7 Å². The highest BCUT2D eigenvalue weighted by atomic mass is 16.5. The fraction of sp³-hybridized carbons (Fsp3) is 0.278. The molecule has 2 N–H and O–H groups in total. The second-order valence-electron chi connectivity index (χ2n) is 5.48.